The third kappa shape index (κ3) is 5.15. The highest BCUT2D eigenvalue weighted by Gasteiger charge is 2.33. The molecule has 1 fully saturated rings. The maximum absolute atomic E-state index is 12.7. The van der Waals surface area contributed by atoms with Crippen molar-refractivity contribution in [2.45, 2.75) is 25.8 Å². The Morgan fingerprint density at radius 1 is 1.41 bits per heavy atom. The van der Waals surface area contributed by atoms with Gasteiger partial charge in [-0.25, -0.2) is 13.4 Å². The number of rotatable bonds is 6. The molecular weight excluding hydrogens is 456 g/mol. The molecule has 3 heterocycles. The highest BCUT2D eigenvalue weighted by Crippen LogP contribution is 2.38. The lowest BCUT2D eigenvalue weighted by atomic mass is 10.1. The van der Waals surface area contributed by atoms with Gasteiger partial charge in [-0.15, -0.1) is 11.3 Å². The largest absolute Gasteiger partial charge is 0.334 e. The van der Waals surface area contributed by atoms with Crippen molar-refractivity contribution in [2.24, 2.45) is 0 Å². The summed E-state index contributed by atoms with van der Waals surface area (Å²) in [5.74, 6) is -0.515. The number of likely N-dealkylation sites (N-methyl/N-ethyl adjacent to an activating group) is 1. The lowest BCUT2D eigenvalue weighted by molar-refractivity contribution is -0.132. The van der Waals surface area contributed by atoms with Crippen molar-refractivity contribution >= 4 is 61.2 Å². The Hall–Kier alpha value is -1.53. The SMILES string of the molecule is Cc1sc(C2CCCN2C(=O)CN(C)S(C)(=O)=O)cc1C(=O)Nc1ncc(Cl)s1. The molecule has 2 aromatic rings. The van der Waals surface area contributed by atoms with Gasteiger partial charge in [-0.1, -0.05) is 22.9 Å². The number of likely N-dealkylation sites (tertiary alicyclic amines) is 1. The quantitative estimate of drug-likeness (QED) is 0.690. The molecule has 0 aliphatic carbocycles. The molecule has 0 aromatic carbocycles. The molecule has 1 N–H and O–H groups in total. The molecule has 1 saturated heterocycles. The fraction of sp³-hybridized carbons (Fsp3) is 0.471. The summed E-state index contributed by atoms with van der Waals surface area (Å²) in [5, 5.41) is 3.16. The van der Waals surface area contributed by atoms with Crippen molar-refractivity contribution in [3.63, 3.8) is 0 Å². The standard InChI is InChI=1S/C17H21ClN4O4S3/c1-10-11(16(24)20-17-19-8-14(18)28-17)7-13(27-10)12-5-4-6-22(12)15(23)9-21(2)29(3,25)26/h7-8,12H,4-6,9H2,1-3H3,(H,19,20,24). The van der Waals surface area contributed by atoms with E-state index in [-0.39, 0.29) is 24.4 Å². The van der Waals surface area contributed by atoms with Crippen LogP contribution >= 0.6 is 34.3 Å². The number of aryl methyl sites for hydroxylation is 1. The summed E-state index contributed by atoms with van der Waals surface area (Å²) >= 11 is 8.50. The first-order valence-electron chi connectivity index (χ1n) is 8.80. The van der Waals surface area contributed by atoms with E-state index in [2.05, 4.69) is 10.3 Å². The Balaban J connectivity index is 1.75. The zero-order valence-electron chi connectivity index (χ0n) is 16.1. The maximum Gasteiger partial charge on any atom is 0.258 e. The van der Waals surface area contributed by atoms with E-state index in [4.69, 9.17) is 11.6 Å². The topological polar surface area (TPSA) is 99.7 Å². The number of thiophene rings is 1. The van der Waals surface area contributed by atoms with Crippen molar-refractivity contribution < 1.29 is 18.0 Å². The smallest absolute Gasteiger partial charge is 0.258 e. The molecule has 158 valence electrons. The number of anilines is 1. The van der Waals surface area contributed by atoms with E-state index in [1.54, 1.807) is 11.0 Å². The number of halogens is 1. The van der Waals surface area contributed by atoms with Gasteiger partial charge in [-0.05, 0) is 25.8 Å². The number of nitrogens with one attached hydrogen (secondary N) is 1. The van der Waals surface area contributed by atoms with Crippen LogP contribution in [0, 0.1) is 6.92 Å². The lowest BCUT2D eigenvalue weighted by Crippen LogP contribution is -2.40. The summed E-state index contributed by atoms with van der Waals surface area (Å²) in [7, 11) is -2.04. The summed E-state index contributed by atoms with van der Waals surface area (Å²) < 4.78 is 24.7. The van der Waals surface area contributed by atoms with Gasteiger partial charge < -0.3 is 4.90 Å². The number of aromatic nitrogens is 1. The number of carbonyl (C=O) groups excluding carboxylic acids is 2. The summed E-state index contributed by atoms with van der Waals surface area (Å²) in [5.41, 5.74) is 0.531. The van der Waals surface area contributed by atoms with E-state index in [0.717, 1.165) is 33.2 Å². The minimum absolute atomic E-state index is 0.157. The van der Waals surface area contributed by atoms with Gasteiger partial charge in [0.1, 0.15) is 4.34 Å². The Kier molecular flexibility index (Phi) is 6.64. The van der Waals surface area contributed by atoms with Gasteiger partial charge in [0, 0.05) is 23.3 Å². The molecule has 1 atom stereocenters. The number of nitrogens with zero attached hydrogens (tertiary/aromatic N) is 3. The average Bonchev–Trinajstić information content (AvgIpc) is 3.33. The van der Waals surface area contributed by atoms with E-state index in [1.165, 1.54) is 35.9 Å². The van der Waals surface area contributed by atoms with Gasteiger partial charge in [-0.3, -0.25) is 14.9 Å². The summed E-state index contributed by atoms with van der Waals surface area (Å²) in [6.07, 6.45) is 4.15. The van der Waals surface area contributed by atoms with Gasteiger partial charge in [-0.2, -0.15) is 4.31 Å². The molecular formula is C17H21ClN4O4S3. The lowest BCUT2D eigenvalue weighted by Gasteiger charge is -2.26. The van der Waals surface area contributed by atoms with Gasteiger partial charge in [0.15, 0.2) is 5.13 Å². The first kappa shape index (κ1) is 22.2. The molecule has 29 heavy (non-hydrogen) atoms. The van der Waals surface area contributed by atoms with Crippen LogP contribution in [0.25, 0.3) is 0 Å². The number of carbonyl (C=O) groups is 2. The summed E-state index contributed by atoms with van der Waals surface area (Å²) in [6.45, 7) is 2.23. The van der Waals surface area contributed by atoms with Crippen LogP contribution in [0.15, 0.2) is 12.3 Å². The normalized spacial score (nSPS) is 17.1. The second-order valence-electron chi connectivity index (χ2n) is 6.81. The van der Waals surface area contributed by atoms with Crippen molar-refractivity contribution in [1.29, 1.82) is 0 Å². The second-order valence-corrected chi connectivity index (χ2v) is 11.8. The molecule has 0 spiro atoms. The number of amides is 2. The van der Waals surface area contributed by atoms with E-state index in [0.29, 0.717) is 21.6 Å². The Labute approximate surface area is 182 Å². The van der Waals surface area contributed by atoms with Crippen LogP contribution in [0.3, 0.4) is 0 Å². The van der Waals surface area contributed by atoms with Crippen LogP contribution in [0.2, 0.25) is 4.34 Å². The predicted octanol–water partition coefficient (Wildman–Crippen LogP) is 2.97. The molecule has 8 nitrogen and oxygen atoms in total. The summed E-state index contributed by atoms with van der Waals surface area (Å²) in [6, 6.07) is 1.65. The van der Waals surface area contributed by atoms with Crippen LogP contribution in [-0.2, 0) is 14.8 Å². The zero-order chi connectivity index (χ0) is 21.3. The van der Waals surface area contributed by atoms with Crippen molar-refractivity contribution in [3.05, 3.63) is 31.9 Å². The second kappa shape index (κ2) is 8.68. The van der Waals surface area contributed by atoms with E-state index < -0.39 is 10.0 Å². The predicted molar refractivity (Wildman–Crippen MR) is 115 cm³/mol. The third-order valence-corrected chi connectivity index (χ3v) is 8.15. The van der Waals surface area contributed by atoms with Crippen molar-refractivity contribution in [2.75, 3.05) is 31.7 Å². The Morgan fingerprint density at radius 3 is 2.76 bits per heavy atom. The fourth-order valence-corrected chi connectivity index (χ4v) is 5.46. The third-order valence-electron chi connectivity index (χ3n) is 4.71. The maximum atomic E-state index is 12.7. The fourth-order valence-electron chi connectivity index (χ4n) is 3.13. The van der Waals surface area contributed by atoms with Gasteiger partial charge in [0.05, 0.1) is 30.6 Å². The van der Waals surface area contributed by atoms with Crippen LogP contribution in [0.5, 0.6) is 0 Å². The minimum atomic E-state index is -3.43. The first-order chi connectivity index (χ1) is 13.6. The molecule has 1 aliphatic heterocycles. The summed E-state index contributed by atoms with van der Waals surface area (Å²) in [4.78, 5) is 32.8. The van der Waals surface area contributed by atoms with Crippen LogP contribution in [0.4, 0.5) is 5.13 Å². The van der Waals surface area contributed by atoms with Gasteiger partial charge >= 0.3 is 0 Å². The van der Waals surface area contributed by atoms with Gasteiger partial charge in [0.2, 0.25) is 15.9 Å². The molecule has 2 aromatic heterocycles. The molecule has 1 aliphatic rings. The highest BCUT2D eigenvalue weighted by molar-refractivity contribution is 7.88. The molecule has 0 radical (unpaired) electrons. The van der Waals surface area contributed by atoms with Crippen molar-refractivity contribution in [3.8, 4) is 0 Å². The van der Waals surface area contributed by atoms with Crippen molar-refractivity contribution in [1.82, 2.24) is 14.2 Å². The molecule has 0 saturated carbocycles. The highest BCUT2D eigenvalue weighted by atomic mass is 35.5. The van der Waals surface area contributed by atoms with E-state index in [9.17, 15) is 18.0 Å². The first-order valence-corrected chi connectivity index (χ1v) is 12.7. The molecule has 1 unspecified atom stereocenters. The molecule has 0 bridgehead atoms. The minimum Gasteiger partial charge on any atom is -0.334 e. The van der Waals surface area contributed by atoms with E-state index in [1.807, 2.05) is 6.92 Å². The van der Waals surface area contributed by atoms with Gasteiger partial charge in [0.25, 0.3) is 5.91 Å². The number of thiazole rings is 1. The number of sulfonamides is 1. The van der Waals surface area contributed by atoms with Crippen LogP contribution < -0.4 is 5.32 Å². The number of hydrogen-bond acceptors (Lipinski definition) is 7. The monoisotopic (exact) mass is 476 g/mol. The molecule has 12 heteroatoms. The Bertz CT molecular complexity index is 1030. The molecule has 3 rings (SSSR count). The van der Waals surface area contributed by atoms with Crippen LogP contribution in [-0.4, -0.2) is 60.8 Å². The van der Waals surface area contributed by atoms with Crippen LogP contribution in [0.1, 0.15) is 39.0 Å². The number of hydrogen-bond donors (Lipinski definition) is 1. The average molecular weight is 477 g/mol. The van der Waals surface area contributed by atoms with E-state index >= 15 is 0 Å². The Morgan fingerprint density at radius 2 is 2.14 bits per heavy atom. The zero-order valence-corrected chi connectivity index (χ0v) is 19.3. The molecule has 2 amide bonds.